The lowest BCUT2D eigenvalue weighted by atomic mass is 9.97. The normalized spacial score (nSPS) is 11.2. The van der Waals surface area contributed by atoms with Gasteiger partial charge in [0.25, 0.3) is 0 Å². The minimum absolute atomic E-state index is 0.0230. The van der Waals surface area contributed by atoms with Crippen LogP contribution in [-0.4, -0.2) is 10.9 Å². The zero-order valence-electron chi connectivity index (χ0n) is 18.1. The SMILES string of the molecule is Cc1cc(C)c(CC(=O)N(Cc2ccco2)c2nc3c(C)c(C)ccc3s2)c(C)c1. The molecule has 2 heterocycles. The van der Waals surface area contributed by atoms with Crippen LogP contribution in [0.25, 0.3) is 10.2 Å². The van der Waals surface area contributed by atoms with Gasteiger partial charge in [-0.1, -0.05) is 35.1 Å². The molecule has 154 valence electrons. The molecule has 0 saturated heterocycles. The van der Waals surface area contributed by atoms with E-state index in [1.54, 1.807) is 22.5 Å². The molecule has 0 saturated carbocycles. The van der Waals surface area contributed by atoms with Gasteiger partial charge < -0.3 is 4.42 Å². The number of thiazole rings is 1. The molecule has 4 aromatic rings. The number of aryl methyl sites for hydroxylation is 5. The lowest BCUT2D eigenvalue weighted by Gasteiger charge is -2.20. The lowest BCUT2D eigenvalue weighted by molar-refractivity contribution is -0.118. The van der Waals surface area contributed by atoms with Crippen molar-refractivity contribution in [1.29, 1.82) is 0 Å². The molecule has 0 aliphatic heterocycles. The van der Waals surface area contributed by atoms with E-state index < -0.39 is 0 Å². The molecule has 2 aromatic carbocycles. The van der Waals surface area contributed by atoms with Crippen LogP contribution in [0.2, 0.25) is 0 Å². The zero-order valence-corrected chi connectivity index (χ0v) is 18.9. The molecule has 0 radical (unpaired) electrons. The Morgan fingerprint density at radius 3 is 2.43 bits per heavy atom. The highest BCUT2D eigenvalue weighted by Gasteiger charge is 2.23. The van der Waals surface area contributed by atoms with Gasteiger partial charge >= 0.3 is 0 Å². The Bertz CT molecular complexity index is 1200. The van der Waals surface area contributed by atoms with Crippen LogP contribution >= 0.6 is 11.3 Å². The van der Waals surface area contributed by atoms with Gasteiger partial charge in [-0.3, -0.25) is 9.69 Å². The first kappa shape index (κ1) is 20.4. The maximum Gasteiger partial charge on any atom is 0.233 e. The van der Waals surface area contributed by atoms with Gasteiger partial charge in [0.1, 0.15) is 5.76 Å². The fourth-order valence-corrected chi connectivity index (χ4v) is 4.93. The van der Waals surface area contributed by atoms with Gasteiger partial charge in [0, 0.05) is 0 Å². The largest absolute Gasteiger partial charge is 0.467 e. The number of aromatic nitrogens is 1. The first-order valence-electron chi connectivity index (χ1n) is 10.1. The molecule has 0 unspecified atom stereocenters. The smallest absolute Gasteiger partial charge is 0.233 e. The number of fused-ring (bicyclic) bond motifs is 1. The maximum absolute atomic E-state index is 13.5. The molecule has 0 aliphatic carbocycles. The van der Waals surface area contributed by atoms with Gasteiger partial charge in [0.05, 0.1) is 29.4 Å². The average molecular weight is 419 g/mol. The number of carbonyl (C=O) groups is 1. The topological polar surface area (TPSA) is 46.3 Å². The summed E-state index contributed by atoms with van der Waals surface area (Å²) in [6.45, 7) is 10.8. The molecule has 0 fully saturated rings. The fraction of sp³-hybridized carbons (Fsp3) is 0.280. The molecule has 1 amide bonds. The Kier molecular flexibility index (Phi) is 5.48. The lowest BCUT2D eigenvalue weighted by Crippen LogP contribution is -2.32. The summed E-state index contributed by atoms with van der Waals surface area (Å²) in [6, 6.07) is 12.2. The van der Waals surface area contributed by atoms with E-state index in [0.29, 0.717) is 18.1 Å². The second-order valence-corrected chi connectivity index (χ2v) is 8.97. The minimum atomic E-state index is 0.0230. The fourth-order valence-electron chi connectivity index (χ4n) is 3.89. The van der Waals surface area contributed by atoms with Gasteiger partial charge in [-0.2, -0.15) is 0 Å². The van der Waals surface area contributed by atoms with Crippen molar-refractivity contribution in [2.24, 2.45) is 0 Å². The number of amides is 1. The van der Waals surface area contributed by atoms with Crippen LogP contribution in [0, 0.1) is 34.6 Å². The van der Waals surface area contributed by atoms with Crippen LogP contribution < -0.4 is 4.90 Å². The summed E-state index contributed by atoms with van der Waals surface area (Å²) < 4.78 is 6.64. The molecular formula is C25H26N2O2S. The van der Waals surface area contributed by atoms with Gasteiger partial charge in [0.2, 0.25) is 5.91 Å². The molecule has 0 atom stereocenters. The highest BCUT2D eigenvalue weighted by atomic mass is 32.1. The predicted octanol–water partition coefficient (Wildman–Crippen LogP) is 6.21. The second kappa shape index (κ2) is 8.07. The molecule has 0 N–H and O–H groups in total. The van der Waals surface area contributed by atoms with Crippen molar-refractivity contribution in [2.75, 3.05) is 4.90 Å². The summed E-state index contributed by atoms with van der Waals surface area (Å²) in [7, 11) is 0. The number of hydrogen-bond acceptors (Lipinski definition) is 4. The van der Waals surface area contributed by atoms with Gasteiger partial charge in [0.15, 0.2) is 5.13 Å². The third kappa shape index (κ3) is 3.90. The summed E-state index contributed by atoms with van der Waals surface area (Å²) in [5, 5.41) is 0.711. The first-order chi connectivity index (χ1) is 14.3. The van der Waals surface area contributed by atoms with Crippen molar-refractivity contribution in [3.05, 3.63) is 81.8 Å². The molecule has 4 nitrogen and oxygen atoms in total. The summed E-state index contributed by atoms with van der Waals surface area (Å²) in [4.78, 5) is 20.1. The third-order valence-electron chi connectivity index (χ3n) is 5.67. The number of benzene rings is 2. The van der Waals surface area contributed by atoms with Crippen molar-refractivity contribution in [2.45, 2.75) is 47.6 Å². The molecule has 0 bridgehead atoms. The second-order valence-electron chi connectivity index (χ2n) is 7.96. The van der Waals surface area contributed by atoms with Crippen molar-refractivity contribution in [3.8, 4) is 0 Å². The van der Waals surface area contributed by atoms with E-state index in [0.717, 1.165) is 38.2 Å². The Hall–Kier alpha value is -2.92. The highest BCUT2D eigenvalue weighted by molar-refractivity contribution is 7.22. The Balaban J connectivity index is 1.73. The van der Waals surface area contributed by atoms with Crippen LogP contribution in [0.4, 0.5) is 5.13 Å². The van der Waals surface area contributed by atoms with Crippen molar-refractivity contribution in [1.82, 2.24) is 4.98 Å². The van der Waals surface area contributed by atoms with E-state index in [-0.39, 0.29) is 5.91 Å². The minimum Gasteiger partial charge on any atom is -0.467 e. The number of hydrogen-bond donors (Lipinski definition) is 0. The number of nitrogens with zero attached hydrogens (tertiary/aromatic N) is 2. The van der Waals surface area contributed by atoms with Crippen LogP contribution in [0.5, 0.6) is 0 Å². The first-order valence-corrected chi connectivity index (χ1v) is 10.9. The Morgan fingerprint density at radius 2 is 1.77 bits per heavy atom. The van der Waals surface area contributed by atoms with Crippen molar-refractivity contribution < 1.29 is 9.21 Å². The molecule has 5 heteroatoms. The average Bonchev–Trinajstić information content (AvgIpc) is 3.35. The van der Waals surface area contributed by atoms with E-state index >= 15 is 0 Å². The molecule has 4 rings (SSSR count). The van der Waals surface area contributed by atoms with E-state index in [4.69, 9.17) is 9.40 Å². The number of carbonyl (C=O) groups excluding carboxylic acids is 1. The molecule has 30 heavy (non-hydrogen) atoms. The van der Waals surface area contributed by atoms with Gasteiger partial charge in [-0.25, -0.2) is 4.98 Å². The van der Waals surface area contributed by atoms with Crippen LogP contribution in [0.1, 0.15) is 39.1 Å². The van der Waals surface area contributed by atoms with Crippen LogP contribution in [0.3, 0.4) is 0 Å². The highest BCUT2D eigenvalue weighted by Crippen LogP contribution is 2.33. The number of rotatable bonds is 5. The van der Waals surface area contributed by atoms with E-state index in [1.807, 2.05) is 12.1 Å². The molecule has 0 aliphatic rings. The summed E-state index contributed by atoms with van der Waals surface area (Å²) >= 11 is 1.55. The quantitative estimate of drug-likeness (QED) is 0.387. The van der Waals surface area contributed by atoms with Crippen LogP contribution in [-0.2, 0) is 17.8 Å². The molecular weight excluding hydrogens is 392 g/mol. The number of furan rings is 1. The number of anilines is 1. The molecule has 0 spiro atoms. The monoisotopic (exact) mass is 418 g/mol. The maximum atomic E-state index is 13.5. The van der Waals surface area contributed by atoms with E-state index in [1.165, 1.54) is 11.1 Å². The van der Waals surface area contributed by atoms with Crippen molar-refractivity contribution >= 4 is 32.6 Å². The standard InChI is InChI=1S/C25H26N2O2S/c1-15-11-17(3)21(18(4)12-15)13-23(28)27(14-20-7-6-10-29-20)25-26-24-19(5)16(2)8-9-22(24)30-25/h6-12H,13-14H2,1-5H3. The summed E-state index contributed by atoms with van der Waals surface area (Å²) in [5.41, 5.74) is 7.92. The zero-order chi connectivity index (χ0) is 21.4. The van der Waals surface area contributed by atoms with Gasteiger partial charge in [-0.05, 0) is 80.6 Å². The Labute approximate surface area is 181 Å². The molecule has 2 aromatic heterocycles. The van der Waals surface area contributed by atoms with Crippen LogP contribution in [0.15, 0.2) is 47.1 Å². The third-order valence-corrected chi connectivity index (χ3v) is 6.71. The Morgan fingerprint density at radius 1 is 1.03 bits per heavy atom. The summed E-state index contributed by atoms with van der Waals surface area (Å²) in [6.07, 6.45) is 1.98. The van der Waals surface area contributed by atoms with Gasteiger partial charge in [-0.15, -0.1) is 0 Å². The van der Waals surface area contributed by atoms with E-state index in [2.05, 4.69) is 58.9 Å². The van der Waals surface area contributed by atoms with E-state index in [9.17, 15) is 4.79 Å². The van der Waals surface area contributed by atoms with Crippen molar-refractivity contribution in [3.63, 3.8) is 0 Å². The summed E-state index contributed by atoms with van der Waals surface area (Å²) in [5.74, 6) is 0.766. The predicted molar refractivity (Wildman–Crippen MR) is 123 cm³/mol.